The van der Waals surface area contributed by atoms with E-state index in [-0.39, 0.29) is 23.5 Å². The molecule has 108 valence electrons. The maximum Gasteiger partial charge on any atom is 0.420 e. The van der Waals surface area contributed by atoms with Crippen LogP contribution in [0.4, 0.5) is 13.2 Å². The maximum absolute atomic E-state index is 13.2. The van der Waals surface area contributed by atoms with Crippen LogP contribution >= 0.6 is 0 Å². The Kier molecular flexibility index (Phi) is 3.13. The van der Waals surface area contributed by atoms with Crippen LogP contribution in [0, 0.1) is 0 Å². The number of nitrogens with zero attached hydrogens (tertiary/aromatic N) is 2. The predicted octanol–water partition coefficient (Wildman–Crippen LogP) is 3.37. The third kappa shape index (κ3) is 2.47. The quantitative estimate of drug-likeness (QED) is 0.786. The molecular weight excluding hydrogens is 283 g/mol. The van der Waals surface area contributed by atoms with Crippen molar-refractivity contribution in [3.05, 3.63) is 48.0 Å². The number of furan rings is 1. The van der Waals surface area contributed by atoms with Gasteiger partial charge in [0, 0.05) is 23.3 Å². The van der Waals surface area contributed by atoms with Crippen LogP contribution in [0.3, 0.4) is 0 Å². The summed E-state index contributed by atoms with van der Waals surface area (Å²) >= 11 is 0. The average Bonchev–Trinajstić information content (AvgIpc) is 2.89. The molecule has 0 spiro atoms. The lowest BCUT2D eigenvalue weighted by Crippen LogP contribution is -2.06. The number of aromatic nitrogens is 2. The van der Waals surface area contributed by atoms with Crippen molar-refractivity contribution in [3.63, 3.8) is 0 Å². The standard InChI is InChI=1S/C14H10F3N3O/c15-14(16,17)11-6-9(13-19-2-1-3-20-13)4-8-5-10(7-18)21-12(8)11/h1-6H,7,18H2. The summed E-state index contributed by atoms with van der Waals surface area (Å²) in [6.45, 7) is 0.0309. The summed E-state index contributed by atoms with van der Waals surface area (Å²) in [6.07, 6.45) is -1.59. The summed E-state index contributed by atoms with van der Waals surface area (Å²) in [5.41, 5.74) is 4.62. The van der Waals surface area contributed by atoms with E-state index in [1.54, 1.807) is 12.1 Å². The molecule has 3 rings (SSSR count). The van der Waals surface area contributed by atoms with Gasteiger partial charge in [-0.05, 0) is 24.3 Å². The number of nitrogens with two attached hydrogens (primary N) is 1. The molecule has 0 saturated carbocycles. The summed E-state index contributed by atoms with van der Waals surface area (Å²) in [5, 5.41) is 0.327. The number of hydrogen-bond donors (Lipinski definition) is 1. The predicted molar refractivity (Wildman–Crippen MR) is 70.1 cm³/mol. The molecule has 0 aliphatic carbocycles. The Hall–Kier alpha value is -2.41. The molecule has 0 aliphatic rings. The van der Waals surface area contributed by atoms with E-state index in [9.17, 15) is 13.2 Å². The highest BCUT2D eigenvalue weighted by atomic mass is 19.4. The topological polar surface area (TPSA) is 64.9 Å². The van der Waals surface area contributed by atoms with E-state index < -0.39 is 11.7 Å². The molecule has 3 aromatic rings. The van der Waals surface area contributed by atoms with Crippen LogP contribution in [0.2, 0.25) is 0 Å². The molecule has 0 bridgehead atoms. The fourth-order valence-corrected chi connectivity index (χ4v) is 2.09. The molecule has 0 amide bonds. The minimum absolute atomic E-state index is 0.0309. The van der Waals surface area contributed by atoms with Gasteiger partial charge in [-0.1, -0.05) is 0 Å². The van der Waals surface area contributed by atoms with Crippen LogP contribution in [0.1, 0.15) is 11.3 Å². The van der Waals surface area contributed by atoms with E-state index in [4.69, 9.17) is 10.2 Å². The number of hydrogen-bond acceptors (Lipinski definition) is 4. The van der Waals surface area contributed by atoms with E-state index in [0.717, 1.165) is 6.07 Å². The molecule has 0 atom stereocenters. The Morgan fingerprint density at radius 1 is 1.10 bits per heavy atom. The molecule has 21 heavy (non-hydrogen) atoms. The molecule has 0 radical (unpaired) electrons. The molecule has 0 saturated heterocycles. The van der Waals surface area contributed by atoms with Gasteiger partial charge in [0.1, 0.15) is 11.3 Å². The van der Waals surface area contributed by atoms with Gasteiger partial charge in [-0.3, -0.25) is 0 Å². The van der Waals surface area contributed by atoms with Gasteiger partial charge in [-0.15, -0.1) is 0 Å². The van der Waals surface area contributed by atoms with Crippen molar-refractivity contribution in [2.24, 2.45) is 5.73 Å². The van der Waals surface area contributed by atoms with E-state index in [1.807, 2.05) is 0 Å². The van der Waals surface area contributed by atoms with Crippen molar-refractivity contribution in [1.82, 2.24) is 9.97 Å². The van der Waals surface area contributed by atoms with Crippen molar-refractivity contribution in [3.8, 4) is 11.4 Å². The summed E-state index contributed by atoms with van der Waals surface area (Å²) in [6, 6.07) is 5.64. The molecule has 0 fully saturated rings. The Balaban J connectivity index is 2.29. The highest BCUT2D eigenvalue weighted by Gasteiger charge is 2.35. The fourth-order valence-electron chi connectivity index (χ4n) is 2.09. The van der Waals surface area contributed by atoms with E-state index >= 15 is 0 Å². The van der Waals surface area contributed by atoms with E-state index in [0.29, 0.717) is 11.1 Å². The van der Waals surface area contributed by atoms with Gasteiger partial charge < -0.3 is 10.2 Å². The smallest absolute Gasteiger partial charge is 0.420 e. The minimum Gasteiger partial charge on any atom is -0.459 e. The molecule has 2 heterocycles. The number of fused-ring (bicyclic) bond motifs is 1. The summed E-state index contributed by atoms with van der Waals surface area (Å²) in [5.74, 6) is 0.516. The van der Waals surface area contributed by atoms with Crippen molar-refractivity contribution < 1.29 is 17.6 Å². The molecule has 2 aromatic heterocycles. The molecular formula is C14H10F3N3O. The van der Waals surface area contributed by atoms with Crippen molar-refractivity contribution in [1.29, 1.82) is 0 Å². The summed E-state index contributed by atoms with van der Waals surface area (Å²) in [7, 11) is 0. The molecule has 0 unspecified atom stereocenters. The van der Waals surface area contributed by atoms with Crippen molar-refractivity contribution >= 4 is 11.0 Å². The lowest BCUT2D eigenvalue weighted by Gasteiger charge is -2.09. The lowest BCUT2D eigenvalue weighted by atomic mass is 10.1. The van der Waals surface area contributed by atoms with Gasteiger partial charge in [0.25, 0.3) is 0 Å². The van der Waals surface area contributed by atoms with E-state index in [1.165, 1.54) is 18.5 Å². The third-order valence-corrected chi connectivity index (χ3v) is 3.00. The largest absolute Gasteiger partial charge is 0.459 e. The second-order valence-corrected chi connectivity index (χ2v) is 4.43. The van der Waals surface area contributed by atoms with Gasteiger partial charge in [-0.2, -0.15) is 13.2 Å². The average molecular weight is 293 g/mol. The zero-order chi connectivity index (χ0) is 15.0. The number of halogens is 3. The zero-order valence-corrected chi connectivity index (χ0v) is 10.7. The summed E-state index contributed by atoms with van der Waals surface area (Å²) < 4.78 is 44.8. The van der Waals surface area contributed by atoms with Crippen molar-refractivity contribution in [2.75, 3.05) is 0 Å². The Labute approximate surface area is 117 Å². The van der Waals surface area contributed by atoms with Crippen LogP contribution in [0.15, 0.2) is 41.1 Å². The molecule has 7 heteroatoms. The number of alkyl halides is 3. The van der Waals surface area contributed by atoms with Crippen LogP contribution in [-0.4, -0.2) is 9.97 Å². The Bertz CT molecular complexity index is 781. The van der Waals surface area contributed by atoms with Crippen LogP contribution in [-0.2, 0) is 12.7 Å². The molecule has 1 aromatic carbocycles. The SMILES string of the molecule is NCc1cc2cc(-c3ncccn3)cc(C(F)(F)F)c2o1. The first kappa shape index (κ1) is 13.6. The maximum atomic E-state index is 13.2. The van der Waals surface area contributed by atoms with Crippen LogP contribution < -0.4 is 5.73 Å². The minimum atomic E-state index is -4.53. The van der Waals surface area contributed by atoms with Gasteiger partial charge in [0.05, 0.1) is 12.1 Å². The first-order valence-corrected chi connectivity index (χ1v) is 6.10. The Morgan fingerprint density at radius 3 is 2.43 bits per heavy atom. The second-order valence-electron chi connectivity index (χ2n) is 4.43. The van der Waals surface area contributed by atoms with Crippen LogP contribution in [0.5, 0.6) is 0 Å². The third-order valence-electron chi connectivity index (χ3n) is 3.00. The monoisotopic (exact) mass is 293 g/mol. The molecule has 4 nitrogen and oxygen atoms in total. The first-order chi connectivity index (χ1) is 9.99. The second kappa shape index (κ2) is 4.85. The van der Waals surface area contributed by atoms with Gasteiger partial charge in [0.15, 0.2) is 5.82 Å². The zero-order valence-electron chi connectivity index (χ0n) is 10.7. The normalized spacial score (nSPS) is 12.0. The molecule has 2 N–H and O–H groups in total. The molecule has 0 aliphatic heterocycles. The highest BCUT2D eigenvalue weighted by Crippen LogP contribution is 2.38. The Morgan fingerprint density at radius 2 is 1.81 bits per heavy atom. The van der Waals surface area contributed by atoms with Gasteiger partial charge >= 0.3 is 6.18 Å². The first-order valence-electron chi connectivity index (χ1n) is 6.10. The van der Waals surface area contributed by atoms with Crippen LogP contribution in [0.25, 0.3) is 22.4 Å². The van der Waals surface area contributed by atoms with Gasteiger partial charge in [0.2, 0.25) is 0 Å². The fraction of sp³-hybridized carbons (Fsp3) is 0.143. The number of benzene rings is 1. The van der Waals surface area contributed by atoms with E-state index in [2.05, 4.69) is 9.97 Å². The lowest BCUT2D eigenvalue weighted by molar-refractivity contribution is -0.136. The number of rotatable bonds is 2. The van der Waals surface area contributed by atoms with Gasteiger partial charge in [-0.25, -0.2) is 9.97 Å². The van der Waals surface area contributed by atoms with Crippen molar-refractivity contribution in [2.45, 2.75) is 12.7 Å². The highest BCUT2D eigenvalue weighted by molar-refractivity contribution is 5.86. The summed E-state index contributed by atoms with van der Waals surface area (Å²) in [4.78, 5) is 7.94.